The van der Waals surface area contributed by atoms with E-state index in [2.05, 4.69) is 261 Å². The standard InChI is InChI=1S/3C41H42O3S/c1-19-20(2)26(8)36-35(25(19)7)37-27(9)21(3)23(5)29(11)39(37)41(40-30(12)24(6)22(4)28(10)38(36)40)14-16-45(42,43)34-18-33-31(13-15-44-33)17-32(34)41;1-19-20(2)26(8)35-34(25(19)7)36-27(9)21(3)23(5)29(11)38(36)41(39-30(12)24(6)22(4)28(10)37(35)39)16-18-45(42,43)40-31-15-17-44-33(31)14-13-32(40)41;1-19-20(2)26(8)34-33(25(19)7)35-27(9)21(3)23(5)29(11)37(35)41(38-30(12)24(6)22(4)28(10)36(34)38)16-18-45(42,43)40-32(41)14-13-31-15-17-44-39(31)40/h3*13-18H,1-12H3. The lowest BCUT2D eigenvalue weighted by atomic mass is 9.62. The lowest BCUT2D eigenvalue weighted by Gasteiger charge is -2.41. The van der Waals surface area contributed by atoms with Crippen LogP contribution in [0, 0.1) is 249 Å². The van der Waals surface area contributed by atoms with Gasteiger partial charge in [0.05, 0.1) is 44.8 Å². The monoisotopic (exact) mass is 1840 g/mol. The largest absolute Gasteiger partial charge is 0.464 e. The van der Waals surface area contributed by atoms with E-state index in [0.717, 1.165) is 27.5 Å². The zero-order chi connectivity index (χ0) is 98.0. The Morgan fingerprint density at radius 1 is 0.200 bits per heavy atom. The first-order valence-electron chi connectivity index (χ1n) is 47.6. The van der Waals surface area contributed by atoms with Gasteiger partial charge in [-0.2, -0.15) is 0 Å². The molecular formula is C123H126O9S3. The van der Waals surface area contributed by atoms with Crippen molar-refractivity contribution in [3.63, 3.8) is 0 Å². The van der Waals surface area contributed by atoms with Crippen LogP contribution in [0.1, 0.15) is 250 Å². The van der Waals surface area contributed by atoms with E-state index in [-0.39, 0.29) is 4.90 Å². The van der Waals surface area contributed by atoms with Crippen LogP contribution in [-0.4, -0.2) is 25.3 Å². The van der Waals surface area contributed by atoms with Gasteiger partial charge in [-0.25, -0.2) is 25.3 Å². The topological polar surface area (TPSA) is 142 Å². The van der Waals surface area contributed by atoms with E-state index in [1.165, 1.54) is 317 Å². The predicted molar refractivity (Wildman–Crippen MR) is 560 cm³/mol. The Labute approximate surface area is 800 Å². The van der Waals surface area contributed by atoms with Gasteiger partial charge in [-0.3, -0.25) is 0 Å². The van der Waals surface area contributed by atoms with Gasteiger partial charge < -0.3 is 13.3 Å². The zero-order valence-corrected chi connectivity index (χ0v) is 88.2. The first kappa shape index (κ1) is 92.4. The summed E-state index contributed by atoms with van der Waals surface area (Å²) in [6, 6.07) is 17.5. The van der Waals surface area contributed by atoms with Crippen molar-refractivity contribution in [1.82, 2.24) is 0 Å². The minimum atomic E-state index is -3.78. The molecular weight excluding hydrogens is 1720 g/mol. The Kier molecular flexibility index (Phi) is 20.8. The fourth-order valence-corrected chi connectivity index (χ4v) is 30.4. The normalized spacial score (nSPS) is 15.6. The van der Waals surface area contributed by atoms with Crippen LogP contribution in [0.3, 0.4) is 0 Å². The average Bonchev–Trinajstić information content (AvgIpc) is 1.55. The van der Waals surface area contributed by atoms with Crippen molar-refractivity contribution in [3.8, 4) is 66.8 Å². The molecule has 6 heterocycles. The van der Waals surface area contributed by atoms with Crippen molar-refractivity contribution in [3.05, 3.63) is 358 Å². The third kappa shape index (κ3) is 11.7. The number of sulfone groups is 3. The van der Waals surface area contributed by atoms with Gasteiger partial charge in [-0.15, -0.1) is 0 Å². The van der Waals surface area contributed by atoms with Crippen molar-refractivity contribution < 1.29 is 38.5 Å². The molecule has 9 nitrogen and oxygen atoms in total. The Morgan fingerprint density at radius 2 is 0.437 bits per heavy atom. The summed E-state index contributed by atoms with van der Waals surface area (Å²) in [6.45, 7) is 80.9. The van der Waals surface area contributed by atoms with Crippen molar-refractivity contribution in [2.45, 2.75) is 280 Å². The van der Waals surface area contributed by atoms with Crippen LogP contribution >= 0.6 is 0 Å². The highest BCUT2D eigenvalue weighted by atomic mass is 32.2. The summed E-state index contributed by atoms with van der Waals surface area (Å²) >= 11 is 0. The Hall–Kier alpha value is -11.7. The zero-order valence-electron chi connectivity index (χ0n) is 85.8. The molecule has 0 amide bonds. The third-order valence-corrected chi connectivity index (χ3v) is 40.8. The molecule has 3 aliphatic carbocycles. The molecule has 0 atom stereocenters. The molecule has 12 heteroatoms. The van der Waals surface area contributed by atoms with E-state index in [0.29, 0.717) is 31.9 Å². The lowest BCUT2D eigenvalue weighted by Crippen LogP contribution is -2.35. The van der Waals surface area contributed by atoms with Crippen LogP contribution in [0.5, 0.6) is 0 Å². The van der Waals surface area contributed by atoms with E-state index in [4.69, 9.17) is 13.3 Å². The molecule has 0 saturated carbocycles. The molecule has 0 radical (unpaired) electrons. The van der Waals surface area contributed by atoms with Gasteiger partial charge in [0.25, 0.3) is 0 Å². The molecule has 21 rings (SSSR count). The smallest absolute Gasteiger partial charge is 0.203 e. The van der Waals surface area contributed by atoms with Gasteiger partial charge >= 0.3 is 0 Å². The van der Waals surface area contributed by atoms with Gasteiger partial charge in [-0.1, -0.05) is 36.4 Å². The highest BCUT2D eigenvalue weighted by Crippen LogP contribution is 2.67. The van der Waals surface area contributed by atoms with Crippen LogP contribution in [0.4, 0.5) is 0 Å². The number of fused-ring (bicyclic) bond motifs is 32. The maximum absolute atomic E-state index is 14.2. The minimum absolute atomic E-state index is 0.279. The summed E-state index contributed by atoms with van der Waals surface area (Å²) in [4.78, 5) is 0.953. The summed E-state index contributed by atoms with van der Waals surface area (Å²) < 4.78 is 102. The van der Waals surface area contributed by atoms with E-state index in [9.17, 15) is 25.3 Å². The quantitative estimate of drug-likeness (QED) is 0.145. The van der Waals surface area contributed by atoms with Crippen LogP contribution in [0.25, 0.3) is 99.7 Å². The maximum Gasteiger partial charge on any atom is 0.203 e. The number of hydrogen-bond donors (Lipinski definition) is 0. The fourth-order valence-electron chi connectivity index (χ4n) is 26.0. The highest BCUT2D eigenvalue weighted by molar-refractivity contribution is 7.95. The van der Waals surface area contributed by atoms with Crippen molar-refractivity contribution >= 4 is 62.4 Å². The number of rotatable bonds is 0. The summed E-state index contributed by atoms with van der Waals surface area (Å²) in [6.07, 6.45) is 10.9. The molecule has 0 fully saturated rings. The fraction of sp³-hybridized carbons (Fsp3) is 0.317. The predicted octanol–water partition coefficient (Wildman–Crippen LogP) is 31.2. The maximum atomic E-state index is 14.2. The molecule has 3 spiro atoms. The van der Waals surface area contributed by atoms with Gasteiger partial charge in [0.1, 0.15) is 16.1 Å². The summed E-state index contributed by atoms with van der Waals surface area (Å²) in [5.74, 6) is 0. The first-order valence-corrected chi connectivity index (χ1v) is 52.2. The van der Waals surface area contributed by atoms with Crippen LogP contribution in [-0.2, 0) is 45.8 Å². The van der Waals surface area contributed by atoms with Gasteiger partial charge in [-0.05, 0) is 597 Å². The van der Waals surface area contributed by atoms with Crippen molar-refractivity contribution in [2.75, 3.05) is 0 Å². The number of furan rings is 3. The SMILES string of the molecule is Cc1c(C)c(C)c2c(c1C)-c1c(C)c(C)c(C)c(C)c1C1(C=CS(=O)(=O)c3c1ccc1ccoc31)c1c(C)c(C)c(C)c(C)c1-2.Cc1c(C)c(C)c2c(c1C)-c1c(C)c(C)c(C)c(C)c1C1(C=CS(=O)(=O)c3c1ccc1occc31)c1c(C)c(C)c(C)c(C)c1-2.Cc1c(C)c(C)c2c(c1C)-c1c(C)c(C)c(C)c(C)c1C1(C=CS(=O)(=O)c3cc4occc4cc31)c1c(C)c(C)c(C)c(C)c1-2. The molecule has 135 heavy (non-hydrogen) atoms. The number of allylic oxidation sites excluding steroid dienone is 3. The van der Waals surface area contributed by atoms with Crippen molar-refractivity contribution in [2.24, 2.45) is 0 Å². The summed E-state index contributed by atoms with van der Waals surface area (Å²) in [5, 5.41) is 6.74. The van der Waals surface area contributed by atoms with E-state index < -0.39 is 45.8 Å². The Morgan fingerprint density at radius 3 is 0.756 bits per heavy atom. The van der Waals surface area contributed by atoms with Gasteiger partial charge in [0.15, 0.2) is 15.4 Å². The van der Waals surface area contributed by atoms with Crippen LogP contribution in [0.2, 0.25) is 0 Å². The lowest BCUT2D eigenvalue weighted by molar-refractivity contribution is 0.580. The van der Waals surface area contributed by atoms with Crippen molar-refractivity contribution in [1.29, 1.82) is 0 Å². The van der Waals surface area contributed by atoms with Gasteiger partial charge in [0.2, 0.25) is 19.7 Å². The highest BCUT2D eigenvalue weighted by Gasteiger charge is 2.55. The molecule has 0 unspecified atom stereocenters. The first-order chi connectivity index (χ1) is 63.3. The minimum Gasteiger partial charge on any atom is -0.464 e. The van der Waals surface area contributed by atoms with Crippen LogP contribution < -0.4 is 0 Å². The molecule has 15 aromatic rings. The van der Waals surface area contributed by atoms with E-state index >= 15 is 0 Å². The Bertz CT molecular complexity index is 7680. The molecule has 0 N–H and O–H groups in total. The second-order valence-corrected chi connectivity index (χ2v) is 46.4. The summed E-state index contributed by atoms with van der Waals surface area (Å²) in [7, 11) is -11.3. The van der Waals surface area contributed by atoms with E-state index in [1.54, 1.807) is 24.9 Å². The molecule has 3 aliphatic heterocycles. The Balaban J connectivity index is 0.000000130. The third-order valence-electron chi connectivity index (χ3n) is 36.4. The van der Waals surface area contributed by atoms with Gasteiger partial charge in [0, 0.05) is 38.4 Å². The molecule has 690 valence electrons. The molecule has 12 aromatic carbocycles. The molecule has 3 aromatic heterocycles. The average molecular weight is 1840 g/mol. The molecule has 0 saturated heterocycles. The van der Waals surface area contributed by atoms with Crippen LogP contribution in [0.15, 0.2) is 136 Å². The number of benzene rings is 12. The molecule has 6 aliphatic rings. The number of hydrogen-bond acceptors (Lipinski definition) is 9. The van der Waals surface area contributed by atoms with E-state index in [1.807, 2.05) is 54.6 Å². The molecule has 0 bridgehead atoms. The summed E-state index contributed by atoms with van der Waals surface area (Å²) in [5.41, 5.74) is 69.1. The second-order valence-electron chi connectivity index (χ2n) is 41.1. The second kappa shape index (κ2) is 30.4.